The molecule has 0 bridgehead atoms. The summed E-state index contributed by atoms with van der Waals surface area (Å²) in [7, 11) is 0. The van der Waals surface area contributed by atoms with Gasteiger partial charge >= 0.3 is 0 Å². The van der Waals surface area contributed by atoms with Gasteiger partial charge in [0.2, 0.25) is 0 Å². The van der Waals surface area contributed by atoms with Crippen molar-refractivity contribution in [1.82, 2.24) is 24.7 Å². The van der Waals surface area contributed by atoms with Crippen molar-refractivity contribution in [1.29, 1.82) is 0 Å². The summed E-state index contributed by atoms with van der Waals surface area (Å²) >= 11 is 0. The molecule has 2 aromatic heterocycles. The fourth-order valence-electron chi connectivity index (χ4n) is 3.61. The highest BCUT2D eigenvalue weighted by atomic mass is 16.2. The van der Waals surface area contributed by atoms with Gasteiger partial charge in [0.05, 0.1) is 0 Å². The Hall–Kier alpha value is -3.48. The first-order valence-electron chi connectivity index (χ1n) is 8.99. The van der Waals surface area contributed by atoms with Crippen LogP contribution >= 0.6 is 0 Å². The number of anilines is 1. The van der Waals surface area contributed by atoms with Crippen LogP contribution in [0.5, 0.6) is 0 Å². The molecule has 4 aromatic rings. The molecule has 3 heterocycles. The predicted molar refractivity (Wildman–Crippen MR) is 103 cm³/mol. The number of benzene rings is 2. The van der Waals surface area contributed by atoms with Gasteiger partial charge in [0.15, 0.2) is 5.65 Å². The molecule has 27 heavy (non-hydrogen) atoms. The third kappa shape index (κ3) is 2.77. The first-order valence-corrected chi connectivity index (χ1v) is 8.99. The zero-order valence-corrected chi connectivity index (χ0v) is 14.7. The summed E-state index contributed by atoms with van der Waals surface area (Å²) in [5.74, 6) is 0.966. The van der Waals surface area contributed by atoms with Crippen LogP contribution in [0.25, 0.3) is 16.4 Å². The van der Waals surface area contributed by atoms with E-state index < -0.39 is 0 Å². The second-order valence-corrected chi connectivity index (χ2v) is 6.63. The molecular weight excluding hydrogens is 340 g/mol. The van der Waals surface area contributed by atoms with Gasteiger partial charge in [0.25, 0.3) is 5.91 Å². The number of carbonyl (C=O) groups excluding carboxylic acids is 1. The minimum atomic E-state index is 0.0914. The van der Waals surface area contributed by atoms with E-state index in [1.165, 1.54) is 0 Å². The Kier molecular flexibility index (Phi) is 3.71. The number of amides is 1. The van der Waals surface area contributed by atoms with E-state index in [2.05, 4.69) is 20.2 Å². The standard InChI is InChI=1S/C20H18N6O/c27-20(17-7-3-5-15-4-1-2-6-16(15)17)25-12-10-24(11-13-25)19-9-8-18-22-21-14-26(18)23-19/h1-9,14H,10-13H2. The van der Waals surface area contributed by atoms with Crippen molar-refractivity contribution in [2.45, 2.75) is 0 Å². The van der Waals surface area contributed by atoms with Crippen molar-refractivity contribution < 1.29 is 4.79 Å². The van der Waals surface area contributed by atoms with Crippen LogP contribution in [0.4, 0.5) is 5.82 Å². The Morgan fingerprint density at radius 1 is 0.889 bits per heavy atom. The van der Waals surface area contributed by atoms with Crippen molar-refractivity contribution in [2.24, 2.45) is 0 Å². The van der Waals surface area contributed by atoms with Crippen molar-refractivity contribution in [2.75, 3.05) is 31.1 Å². The fraction of sp³-hybridized carbons (Fsp3) is 0.200. The van der Waals surface area contributed by atoms with Gasteiger partial charge in [-0.3, -0.25) is 4.79 Å². The average molecular weight is 358 g/mol. The maximum absolute atomic E-state index is 13.1. The molecule has 0 radical (unpaired) electrons. The molecule has 1 amide bonds. The van der Waals surface area contributed by atoms with E-state index in [0.717, 1.165) is 40.9 Å². The van der Waals surface area contributed by atoms with E-state index in [9.17, 15) is 4.79 Å². The molecule has 5 rings (SSSR count). The molecule has 1 aliphatic rings. The molecule has 2 aromatic carbocycles. The van der Waals surface area contributed by atoms with E-state index >= 15 is 0 Å². The van der Waals surface area contributed by atoms with E-state index in [1.807, 2.05) is 59.5 Å². The van der Waals surface area contributed by atoms with Gasteiger partial charge in [-0.2, -0.15) is 4.52 Å². The molecule has 1 aliphatic heterocycles. The van der Waals surface area contributed by atoms with Crippen molar-refractivity contribution >= 4 is 28.1 Å². The number of piperazine rings is 1. The zero-order valence-electron chi connectivity index (χ0n) is 14.7. The summed E-state index contributed by atoms with van der Waals surface area (Å²) in [4.78, 5) is 17.2. The lowest BCUT2D eigenvalue weighted by atomic mass is 10.0. The van der Waals surface area contributed by atoms with E-state index in [0.29, 0.717) is 13.1 Å². The number of fused-ring (bicyclic) bond motifs is 2. The number of hydrogen-bond donors (Lipinski definition) is 0. The lowest BCUT2D eigenvalue weighted by Gasteiger charge is -2.35. The molecule has 7 heteroatoms. The Morgan fingerprint density at radius 3 is 2.59 bits per heavy atom. The smallest absolute Gasteiger partial charge is 0.254 e. The Bertz CT molecular complexity index is 1120. The molecule has 0 aliphatic carbocycles. The van der Waals surface area contributed by atoms with Crippen LogP contribution in [0.1, 0.15) is 10.4 Å². The summed E-state index contributed by atoms with van der Waals surface area (Å²) < 4.78 is 1.67. The topological polar surface area (TPSA) is 66.6 Å². The van der Waals surface area contributed by atoms with Gasteiger partial charge in [-0.15, -0.1) is 15.3 Å². The third-order valence-corrected chi connectivity index (χ3v) is 5.06. The first kappa shape index (κ1) is 15.7. The average Bonchev–Trinajstić information content (AvgIpc) is 3.21. The summed E-state index contributed by atoms with van der Waals surface area (Å²) in [6.07, 6.45) is 1.60. The quantitative estimate of drug-likeness (QED) is 0.550. The van der Waals surface area contributed by atoms with Gasteiger partial charge in [0.1, 0.15) is 12.1 Å². The molecule has 0 atom stereocenters. The Balaban J connectivity index is 1.34. The number of nitrogens with zero attached hydrogens (tertiary/aromatic N) is 6. The minimum Gasteiger partial charge on any atom is -0.352 e. The van der Waals surface area contributed by atoms with Gasteiger partial charge in [0, 0.05) is 31.7 Å². The highest BCUT2D eigenvalue weighted by Crippen LogP contribution is 2.21. The highest BCUT2D eigenvalue weighted by molar-refractivity contribution is 6.07. The Morgan fingerprint density at radius 2 is 1.70 bits per heavy atom. The molecule has 134 valence electrons. The third-order valence-electron chi connectivity index (χ3n) is 5.06. The number of rotatable bonds is 2. The maximum atomic E-state index is 13.1. The highest BCUT2D eigenvalue weighted by Gasteiger charge is 2.24. The van der Waals surface area contributed by atoms with Crippen molar-refractivity contribution in [3.8, 4) is 0 Å². The van der Waals surface area contributed by atoms with Gasteiger partial charge in [-0.05, 0) is 29.0 Å². The minimum absolute atomic E-state index is 0.0914. The molecule has 0 unspecified atom stereocenters. The SMILES string of the molecule is O=C(c1cccc2ccccc12)N1CCN(c2ccc3nncn3n2)CC1. The van der Waals surface area contributed by atoms with Gasteiger partial charge < -0.3 is 9.80 Å². The molecule has 0 saturated carbocycles. The second-order valence-electron chi connectivity index (χ2n) is 6.63. The molecule has 0 spiro atoms. The summed E-state index contributed by atoms with van der Waals surface area (Å²) in [6, 6.07) is 17.8. The first-order chi connectivity index (χ1) is 13.3. The number of hydrogen-bond acceptors (Lipinski definition) is 5. The molecular formula is C20H18N6O. The van der Waals surface area contributed by atoms with Crippen molar-refractivity contribution in [3.05, 3.63) is 66.5 Å². The van der Waals surface area contributed by atoms with E-state index in [1.54, 1.807) is 10.8 Å². The van der Waals surface area contributed by atoms with Crippen LogP contribution in [0.2, 0.25) is 0 Å². The monoisotopic (exact) mass is 358 g/mol. The summed E-state index contributed by atoms with van der Waals surface area (Å²) in [5, 5.41) is 14.5. The fourth-order valence-corrected chi connectivity index (χ4v) is 3.61. The zero-order chi connectivity index (χ0) is 18.2. The lowest BCUT2D eigenvalue weighted by molar-refractivity contribution is 0.0748. The summed E-state index contributed by atoms with van der Waals surface area (Å²) in [6.45, 7) is 2.84. The largest absolute Gasteiger partial charge is 0.352 e. The molecule has 1 saturated heterocycles. The van der Waals surface area contributed by atoms with Crippen LogP contribution in [-0.4, -0.2) is 56.8 Å². The molecule has 0 N–H and O–H groups in total. The van der Waals surface area contributed by atoms with E-state index in [-0.39, 0.29) is 5.91 Å². The second kappa shape index (κ2) is 6.35. The normalized spacial score (nSPS) is 14.8. The van der Waals surface area contributed by atoms with Gasteiger partial charge in [-0.25, -0.2) is 0 Å². The van der Waals surface area contributed by atoms with Crippen LogP contribution in [0, 0.1) is 0 Å². The predicted octanol–water partition coefficient (Wildman–Crippen LogP) is 2.24. The summed E-state index contributed by atoms with van der Waals surface area (Å²) in [5.41, 5.74) is 1.49. The van der Waals surface area contributed by atoms with Crippen LogP contribution in [0.15, 0.2) is 60.9 Å². The van der Waals surface area contributed by atoms with Crippen LogP contribution < -0.4 is 4.90 Å². The van der Waals surface area contributed by atoms with Gasteiger partial charge in [-0.1, -0.05) is 36.4 Å². The number of carbonyl (C=O) groups is 1. The lowest BCUT2D eigenvalue weighted by Crippen LogP contribution is -2.49. The van der Waals surface area contributed by atoms with Crippen molar-refractivity contribution in [3.63, 3.8) is 0 Å². The van der Waals surface area contributed by atoms with E-state index in [4.69, 9.17) is 0 Å². The molecule has 7 nitrogen and oxygen atoms in total. The van der Waals surface area contributed by atoms with Crippen LogP contribution in [-0.2, 0) is 0 Å². The van der Waals surface area contributed by atoms with Crippen LogP contribution in [0.3, 0.4) is 0 Å². The Labute approximate surface area is 155 Å². The maximum Gasteiger partial charge on any atom is 0.254 e. The number of aromatic nitrogens is 4. The molecule has 1 fully saturated rings.